The van der Waals surface area contributed by atoms with Crippen molar-refractivity contribution in [3.63, 3.8) is 0 Å². The zero-order valence-electron chi connectivity index (χ0n) is 12.9. The van der Waals surface area contributed by atoms with Crippen molar-refractivity contribution in [1.29, 1.82) is 0 Å². The molecule has 7 nitrogen and oxygen atoms in total. The molecule has 0 aliphatic heterocycles. The highest BCUT2D eigenvalue weighted by Crippen LogP contribution is 2.40. The number of amides is 1. The average Bonchev–Trinajstić information content (AvgIpc) is 3.20. The number of aryl methyl sites for hydroxylation is 2. The van der Waals surface area contributed by atoms with Gasteiger partial charge in [0, 0.05) is 17.7 Å². The first-order chi connectivity index (χ1) is 11.2. The number of fused-ring (bicyclic) bond motifs is 1. The van der Waals surface area contributed by atoms with Crippen LogP contribution < -0.4 is 5.32 Å². The van der Waals surface area contributed by atoms with Crippen LogP contribution in [0.3, 0.4) is 0 Å². The maximum absolute atomic E-state index is 12.6. The predicted octanol–water partition coefficient (Wildman–Crippen LogP) is 3.21. The highest BCUT2D eigenvalue weighted by molar-refractivity contribution is 6.11. The normalized spacial score (nSPS) is 14.3. The molecule has 0 saturated heterocycles. The Hall–Kier alpha value is -2.70. The molecule has 23 heavy (non-hydrogen) atoms. The molecule has 3 heterocycles. The molecule has 1 N–H and O–H groups in total. The number of nitrogens with zero attached hydrogens (tertiary/aromatic N) is 3. The van der Waals surface area contributed by atoms with E-state index in [9.17, 15) is 4.79 Å². The SMILES string of the molecule is CCc1cc(C(=O)Nc2cc(C3CC3)no2)c2c(C)noc2n1. The molecule has 0 atom stereocenters. The molecule has 1 saturated carbocycles. The van der Waals surface area contributed by atoms with E-state index in [2.05, 4.69) is 20.6 Å². The fourth-order valence-corrected chi connectivity index (χ4v) is 2.60. The number of carbonyl (C=O) groups excluding carboxylic acids is 1. The standard InChI is InChI=1S/C16H16N4O3/c1-3-10-6-11(14-8(2)19-23-16(14)17-10)15(21)18-13-7-12(20-22-13)9-4-5-9/h6-7,9H,3-5H2,1-2H3,(H,18,21). The van der Waals surface area contributed by atoms with Crippen LogP contribution in [0.15, 0.2) is 21.2 Å². The van der Waals surface area contributed by atoms with Crippen LogP contribution in [-0.2, 0) is 6.42 Å². The number of hydrogen-bond acceptors (Lipinski definition) is 6. The molecule has 4 rings (SSSR count). The Labute approximate surface area is 132 Å². The van der Waals surface area contributed by atoms with Gasteiger partial charge >= 0.3 is 0 Å². The van der Waals surface area contributed by atoms with Gasteiger partial charge in [0.2, 0.25) is 5.88 Å². The summed E-state index contributed by atoms with van der Waals surface area (Å²) in [6.45, 7) is 3.76. The largest absolute Gasteiger partial charge is 0.338 e. The lowest BCUT2D eigenvalue weighted by atomic mass is 10.1. The van der Waals surface area contributed by atoms with Gasteiger partial charge in [0.05, 0.1) is 22.3 Å². The topological polar surface area (TPSA) is 94.1 Å². The van der Waals surface area contributed by atoms with Crippen LogP contribution in [0.25, 0.3) is 11.1 Å². The number of pyridine rings is 1. The fraction of sp³-hybridized carbons (Fsp3) is 0.375. The van der Waals surface area contributed by atoms with Crippen LogP contribution >= 0.6 is 0 Å². The Morgan fingerprint density at radius 3 is 2.87 bits per heavy atom. The van der Waals surface area contributed by atoms with Gasteiger partial charge in [-0.1, -0.05) is 17.2 Å². The van der Waals surface area contributed by atoms with Crippen molar-refractivity contribution in [3.05, 3.63) is 34.8 Å². The molecule has 1 amide bonds. The van der Waals surface area contributed by atoms with E-state index >= 15 is 0 Å². The van der Waals surface area contributed by atoms with Gasteiger partial charge in [0.25, 0.3) is 11.6 Å². The Kier molecular flexibility index (Phi) is 3.14. The van der Waals surface area contributed by atoms with E-state index in [-0.39, 0.29) is 5.91 Å². The van der Waals surface area contributed by atoms with Crippen molar-refractivity contribution in [2.75, 3.05) is 5.32 Å². The third kappa shape index (κ3) is 2.48. The summed E-state index contributed by atoms with van der Waals surface area (Å²) >= 11 is 0. The van der Waals surface area contributed by atoms with Crippen LogP contribution in [0, 0.1) is 6.92 Å². The molecule has 3 aromatic heterocycles. The lowest BCUT2D eigenvalue weighted by Gasteiger charge is -2.04. The molecular weight excluding hydrogens is 296 g/mol. The molecule has 0 radical (unpaired) electrons. The quantitative estimate of drug-likeness (QED) is 0.795. The first-order valence-electron chi connectivity index (χ1n) is 7.69. The molecule has 1 fully saturated rings. The Morgan fingerprint density at radius 2 is 2.13 bits per heavy atom. The van der Waals surface area contributed by atoms with Gasteiger partial charge in [-0.25, -0.2) is 4.98 Å². The minimum absolute atomic E-state index is 0.281. The van der Waals surface area contributed by atoms with Crippen LogP contribution in [0.1, 0.15) is 53.1 Å². The average molecular weight is 312 g/mol. The molecule has 0 bridgehead atoms. The Bertz CT molecular complexity index is 892. The Morgan fingerprint density at radius 1 is 1.30 bits per heavy atom. The number of hydrogen-bond donors (Lipinski definition) is 1. The lowest BCUT2D eigenvalue weighted by molar-refractivity contribution is 0.102. The van der Waals surface area contributed by atoms with Crippen LogP contribution in [0.2, 0.25) is 0 Å². The van der Waals surface area contributed by atoms with Crippen LogP contribution in [0.5, 0.6) is 0 Å². The summed E-state index contributed by atoms with van der Waals surface area (Å²) in [6, 6.07) is 3.55. The molecule has 0 spiro atoms. The molecule has 0 aromatic carbocycles. The zero-order valence-corrected chi connectivity index (χ0v) is 12.9. The van der Waals surface area contributed by atoms with Gasteiger partial charge < -0.3 is 9.05 Å². The number of carbonyl (C=O) groups is 1. The van der Waals surface area contributed by atoms with Crippen LogP contribution in [-0.4, -0.2) is 21.2 Å². The highest BCUT2D eigenvalue weighted by Gasteiger charge is 2.27. The van der Waals surface area contributed by atoms with E-state index in [4.69, 9.17) is 9.05 Å². The number of anilines is 1. The van der Waals surface area contributed by atoms with Gasteiger partial charge in [-0.05, 0) is 32.3 Å². The van der Waals surface area contributed by atoms with Crippen molar-refractivity contribution in [2.24, 2.45) is 0 Å². The van der Waals surface area contributed by atoms with Gasteiger partial charge in [-0.2, -0.15) is 0 Å². The van der Waals surface area contributed by atoms with E-state index in [0.29, 0.717) is 40.6 Å². The second-order valence-electron chi connectivity index (χ2n) is 5.81. The summed E-state index contributed by atoms with van der Waals surface area (Å²) in [4.78, 5) is 17.0. The second-order valence-corrected chi connectivity index (χ2v) is 5.81. The maximum Gasteiger partial charge on any atom is 0.258 e. The molecule has 7 heteroatoms. The van der Waals surface area contributed by atoms with Gasteiger partial charge in [0.15, 0.2) is 0 Å². The molecule has 0 unspecified atom stereocenters. The lowest BCUT2D eigenvalue weighted by Crippen LogP contribution is -2.13. The molecular formula is C16H16N4O3. The van der Waals surface area contributed by atoms with Gasteiger partial charge in [-0.3, -0.25) is 10.1 Å². The van der Waals surface area contributed by atoms with E-state index in [1.165, 1.54) is 0 Å². The molecule has 3 aromatic rings. The van der Waals surface area contributed by atoms with Crippen molar-refractivity contribution in [1.82, 2.24) is 15.3 Å². The zero-order chi connectivity index (χ0) is 16.0. The van der Waals surface area contributed by atoms with Gasteiger partial charge in [-0.15, -0.1) is 0 Å². The number of aromatic nitrogens is 3. The van der Waals surface area contributed by atoms with Crippen molar-refractivity contribution in [2.45, 2.75) is 39.0 Å². The third-order valence-corrected chi connectivity index (χ3v) is 4.04. The molecule has 118 valence electrons. The predicted molar refractivity (Wildman–Crippen MR) is 82.4 cm³/mol. The maximum atomic E-state index is 12.6. The van der Waals surface area contributed by atoms with E-state index in [1.54, 1.807) is 19.1 Å². The molecule has 1 aliphatic carbocycles. The first-order valence-corrected chi connectivity index (χ1v) is 7.69. The third-order valence-electron chi connectivity index (χ3n) is 4.04. The van der Waals surface area contributed by atoms with E-state index in [1.807, 2.05) is 6.92 Å². The first kappa shape index (κ1) is 13.9. The smallest absolute Gasteiger partial charge is 0.258 e. The monoisotopic (exact) mass is 312 g/mol. The van der Waals surface area contributed by atoms with E-state index in [0.717, 1.165) is 24.2 Å². The summed E-state index contributed by atoms with van der Waals surface area (Å²) in [7, 11) is 0. The summed E-state index contributed by atoms with van der Waals surface area (Å²) in [6.07, 6.45) is 2.96. The summed E-state index contributed by atoms with van der Waals surface area (Å²) in [5, 5.41) is 11.3. The summed E-state index contributed by atoms with van der Waals surface area (Å²) in [5.41, 5.74) is 3.17. The van der Waals surface area contributed by atoms with Gasteiger partial charge in [0.1, 0.15) is 0 Å². The summed E-state index contributed by atoms with van der Waals surface area (Å²) in [5.74, 6) is 0.551. The number of nitrogens with one attached hydrogen (secondary N) is 1. The van der Waals surface area contributed by atoms with Crippen molar-refractivity contribution >= 4 is 22.9 Å². The van der Waals surface area contributed by atoms with Crippen molar-refractivity contribution in [3.8, 4) is 0 Å². The fourth-order valence-electron chi connectivity index (χ4n) is 2.60. The summed E-state index contributed by atoms with van der Waals surface area (Å²) < 4.78 is 10.4. The van der Waals surface area contributed by atoms with Crippen molar-refractivity contribution < 1.29 is 13.8 Å². The number of rotatable bonds is 4. The molecule has 1 aliphatic rings. The minimum atomic E-state index is -0.281. The van der Waals surface area contributed by atoms with E-state index < -0.39 is 0 Å². The Balaban J connectivity index is 1.68. The van der Waals surface area contributed by atoms with Crippen LogP contribution in [0.4, 0.5) is 5.88 Å². The highest BCUT2D eigenvalue weighted by atomic mass is 16.5. The second kappa shape index (κ2) is 5.19. The minimum Gasteiger partial charge on any atom is -0.338 e.